The molecular weight excluding hydrogens is 344 g/mol. The van der Waals surface area contributed by atoms with E-state index in [1.807, 2.05) is 9.80 Å². The zero-order valence-electron chi connectivity index (χ0n) is 16.4. The first-order chi connectivity index (χ1) is 13.1. The van der Waals surface area contributed by atoms with Gasteiger partial charge in [0.2, 0.25) is 5.91 Å². The van der Waals surface area contributed by atoms with Crippen molar-refractivity contribution in [3.63, 3.8) is 0 Å². The first-order valence-corrected chi connectivity index (χ1v) is 9.91. The van der Waals surface area contributed by atoms with Gasteiger partial charge in [0.1, 0.15) is 0 Å². The average Bonchev–Trinajstić information content (AvgIpc) is 3.07. The Morgan fingerprint density at radius 3 is 2.30 bits per heavy atom. The highest BCUT2D eigenvalue weighted by molar-refractivity contribution is 5.95. The van der Waals surface area contributed by atoms with Gasteiger partial charge in [-0.15, -0.1) is 0 Å². The fraction of sp³-hybridized carbons (Fsp3) is 0.619. The van der Waals surface area contributed by atoms with Gasteiger partial charge in [-0.05, 0) is 43.4 Å². The molecule has 2 fully saturated rings. The minimum Gasteiger partial charge on any atom is -0.493 e. The summed E-state index contributed by atoms with van der Waals surface area (Å²) in [4.78, 5) is 29.3. The van der Waals surface area contributed by atoms with Gasteiger partial charge >= 0.3 is 0 Å². The predicted molar refractivity (Wildman–Crippen MR) is 103 cm³/mol. The number of benzene rings is 1. The molecule has 27 heavy (non-hydrogen) atoms. The van der Waals surface area contributed by atoms with E-state index in [9.17, 15) is 9.59 Å². The Bertz CT molecular complexity index is 670. The number of carbonyl (C=O) groups excluding carboxylic acids is 2. The summed E-state index contributed by atoms with van der Waals surface area (Å²) in [6.07, 6.45) is 6.36. The van der Waals surface area contributed by atoms with Crippen LogP contribution < -0.4 is 9.47 Å². The van der Waals surface area contributed by atoms with Crippen molar-refractivity contribution >= 4 is 11.8 Å². The summed E-state index contributed by atoms with van der Waals surface area (Å²) < 4.78 is 10.5. The minimum absolute atomic E-state index is 0.0268. The maximum absolute atomic E-state index is 12.9. The zero-order chi connectivity index (χ0) is 19.2. The molecule has 2 aliphatic rings. The number of nitrogens with zero attached hydrogens (tertiary/aromatic N) is 2. The van der Waals surface area contributed by atoms with Crippen LogP contribution in [0.4, 0.5) is 0 Å². The first-order valence-electron chi connectivity index (χ1n) is 9.91. The lowest BCUT2D eigenvalue weighted by Gasteiger charge is -2.23. The number of methoxy groups -OCH3 is 2. The Morgan fingerprint density at radius 2 is 1.59 bits per heavy atom. The Morgan fingerprint density at radius 1 is 0.926 bits per heavy atom. The van der Waals surface area contributed by atoms with Crippen molar-refractivity contribution in [1.82, 2.24) is 9.80 Å². The lowest BCUT2D eigenvalue weighted by molar-refractivity contribution is -0.132. The summed E-state index contributed by atoms with van der Waals surface area (Å²) >= 11 is 0. The van der Waals surface area contributed by atoms with E-state index in [2.05, 4.69) is 0 Å². The SMILES string of the molecule is COc1ccc(C(=O)N2CCCN(C(=O)CC3CCCC3)CC2)cc1OC. The van der Waals surface area contributed by atoms with Crippen LogP contribution in [0.1, 0.15) is 48.9 Å². The van der Waals surface area contributed by atoms with Crippen LogP contribution in [0, 0.1) is 5.92 Å². The molecular formula is C21H30N2O4. The quantitative estimate of drug-likeness (QED) is 0.795. The van der Waals surface area contributed by atoms with Gasteiger partial charge < -0.3 is 19.3 Å². The molecule has 2 amide bonds. The highest BCUT2D eigenvalue weighted by Crippen LogP contribution is 2.29. The third-order valence-electron chi connectivity index (χ3n) is 5.70. The second-order valence-electron chi connectivity index (χ2n) is 7.45. The summed E-state index contributed by atoms with van der Waals surface area (Å²) in [7, 11) is 3.14. The van der Waals surface area contributed by atoms with Gasteiger partial charge in [0.05, 0.1) is 14.2 Å². The molecule has 0 N–H and O–H groups in total. The lowest BCUT2D eigenvalue weighted by atomic mass is 10.0. The molecule has 1 heterocycles. The molecule has 1 aromatic rings. The molecule has 0 spiro atoms. The van der Waals surface area contributed by atoms with Crippen LogP contribution in [0.3, 0.4) is 0 Å². The normalized spacial score (nSPS) is 18.3. The van der Waals surface area contributed by atoms with Gasteiger partial charge in [-0.2, -0.15) is 0 Å². The predicted octanol–water partition coefficient (Wildman–Crippen LogP) is 2.96. The van der Waals surface area contributed by atoms with Crippen molar-refractivity contribution < 1.29 is 19.1 Å². The van der Waals surface area contributed by atoms with Crippen LogP contribution in [0.2, 0.25) is 0 Å². The number of carbonyl (C=O) groups is 2. The van der Waals surface area contributed by atoms with E-state index in [4.69, 9.17) is 9.47 Å². The van der Waals surface area contributed by atoms with Gasteiger partial charge in [0, 0.05) is 38.2 Å². The van der Waals surface area contributed by atoms with E-state index in [1.165, 1.54) is 25.7 Å². The van der Waals surface area contributed by atoms with Crippen molar-refractivity contribution in [2.45, 2.75) is 38.5 Å². The maximum atomic E-state index is 12.9. The van der Waals surface area contributed by atoms with Gasteiger partial charge in [-0.1, -0.05) is 12.8 Å². The summed E-state index contributed by atoms with van der Waals surface area (Å²) in [6.45, 7) is 2.59. The zero-order valence-corrected chi connectivity index (χ0v) is 16.4. The van der Waals surface area contributed by atoms with E-state index in [-0.39, 0.29) is 11.8 Å². The molecule has 1 saturated heterocycles. The number of hydrogen-bond acceptors (Lipinski definition) is 4. The number of rotatable bonds is 5. The summed E-state index contributed by atoms with van der Waals surface area (Å²) in [5.41, 5.74) is 0.582. The highest BCUT2D eigenvalue weighted by atomic mass is 16.5. The topological polar surface area (TPSA) is 59.1 Å². The third-order valence-corrected chi connectivity index (χ3v) is 5.70. The molecule has 0 atom stereocenters. The Kier molecular flexibility index (Phi) is 6.58. The maximum Gasteiger partial charge on any atom is 0.254 e. The van der Waals surface area contributed by atoms with Crippen LogP contribution in [-0.2, 0) is 4.79 Å². The van der Waals surface area contributed by atoms with Crippen molar-refractivity contribution in [2.24, 2.45) is 5.92 Å². The fourth-order valence-corrected chi connectivity index (χ4v) is 4.11. The molecule has 148 valence electrons. The van der Waals surface area contributed by atoms with Gasteiger partial charge in [0.25, 0.3) is 5.91 Å². The van der Waals surface area contributed by atoms with Crippen molar-refractivity contribution in [3.8, 4) is 11.5 Å². The molecule has 0 unspecified atom stereocenters. The second-order valence-corrected chi connectivity index (χ2v) is 7.45. The summed E-state index contributed by atoms with van der Waals surface area (Å²) in [5, 5.41) is 0. The number of amides is 2. The van der Waals surface area contributed by atoms with Crippen molar-refractivity contribution in [3.05, 3.63) is 23.8 Å². The smallest absolute Gasteiger partial charge is 0.254 e. The molecule has 1 aliphatic heterocycles. The fourth-order valence-electron chi connectivity index (χ4n) is 4.11. The largest absolute Gasteiger partial charge is 0.493 e. The van der Waals surface area contributed by atoms with Crippen molar-refractivity contribution in [2.75, 3.05) is 40.4 Å². The molecule has 0 aromatic heterocycles. The summed E-state index contributed by atoms with van der Waals surface area (Å²) in [6, 6.07) is 5.23. The molecule has 0 radical (unpaired) electrons. The van der Waals surface area contributed by atoms with E-state index < -0.39 is 0 Å². The average molecular weight is 374 g/mol. The minimum atomic E-state index is -0.0268. The third kappa shape index (κ3) is 4.73. The standard InChI is InChI=1S/C21H30N2O4/c1-26-18-9-8-17(15-19(18)27-2)21(25)23-11-5-10-22(12-13-23)20(24)14-16-6-3-4-7-16/h8-9,15-16H,3-7,10-14H2,1-2H3. The van der Waals surface area contributed by atoms with Crippen LogP contribution in [0.25, 0.3) is 0 Å². The molecule has 1 aromatic carbocycles. The first kappa shape index (κ1) is 19.5. The highest BCUT2D eigenvalue weighted by Gasteiger charge is 2.26. The van der Waals surface area contributed by atoms with E-state index in [0.29, 0.717) is 49.0 Å². The Balaban J connectivity index is 1.60. The van der Waals surface area contributed by atoms with Crippen LogP contribution in [0.5, 0.6) is 11.5 Å². The lowest BCUT2D eigenvalue weighted by Crippen LogP contribution is -2.37. The van der Waals surface area contributed by atoms with Crippen LogP contribution in [-0.4, -0.2) is 62.0 Å². The van der Waals surface area contributed by atoms with E-state index in [0.717, 1.165) is 13.0 Å². The van der Waals surface area contributed by atoms with Crippen LogP contribution in [0.15, 0.2) is 18.2 Å². The van der Waals surface area contributed by atoms with Gasteiger partial charge in [0.15, 0.2) is 11.5 Å². The second kappa shape index (κ2) is 9.11. The molecule has 1 aliphatic carbocycles. The molecule has 0 bridgehead atoms. The van der Waals surface area contributed by atoms with E-state index >= 15 is 0 Å². The molecule has 3 rings (SSSR count). The van der Waals surface area contributed by atoms with Gasteiger partial charge in [-0.25, -0.2) is 0 Å². The monoisotopic (exact) mass is 374 g/mol. The Labute approximate surface area is 161 Å². The number of hydrogen-bond donors (Lipinski definition) is 0. The van der Waals surface area contributed by atoms with Gasteiger partial charge in [-0.3, -0.25) is 9.59 Å². The summed E-state index contributed by atoms with van der Waals surface area (Å²) in [5.74, 6) is 1.94. The molecule has 6 heteroatoms. The molecule has 6 nitrogen and oxygen atoms in total. The van der Waals surface area contributed by atoms with Crippen molar-refractivity contribution in [1.29, 1.82) is 0 Å². The van der Waals surface area contributed by atoms with Crippen LogP contribution >= 0.6 is 0 Å². The Hall–Kier alpha value is -2.24. The number of ether oxygens (including phenoxy) is 2. The van der Waals surface area contributed by atoms with E-state index in [1.54, 1.807) is 32.4 Å². The molecule has 1 saturated carbocycles.